The first-order chi connectivity index (χ1) is 8.30. The lowest BCUT2D eigenvalue weighted by Crippen LogP contribution is -2.46. The number of hydrogen-bond acceptors (Lipinski definition) is 2. The molecule has 0 saturated heterocycles. The molecule has 2 rings (SSSR count). The summed E-state index contributed by atoms with van der Waals surface area (Å²) in [6, 6.07) is 2.13. The lowest BCUT2D eigenvalue weighted by atomic mass is 9.67. The lowest BCUT2D eigenvalue weighted by Gasteiger charge is -2.42. The maximum Gasteiger partial charge on any atom is 0.0315 e. The second kappa shape index (κ2) is 5.26. The molecule has 1 nitrogen and oxygen atoms in total. The summed E-state index contributed by atoms with van der Waals surface area (Å²) in [5, 5.41) is 2.14. The Morgan fingerprint density at radius 1 is 1.39 bits per heavy atom. The van der Waals surface area contributed by atoms with E-state index in [1.54, 1.807) is 0 Å². The molecular formula is C15H24BrNS. The van der Waals surface area contributed by atoms with Crippen LogP contribution in [-0.4, -0.2) is 5.54 Å². The van der Waals surface area contributed by atoms with Gasteiger partial charge < -0.3 is 5.73 Å². The van der Waals surface area contributed by atoms with Gasteiger partial charge in [0.2, 0.25) is 0 Å². The van der Waals surface area contributed by atoms with Gasteiger partial charge in [0, 0.05) is 21.3 Å². The molecule has 0 radical (unpaired) electrons. The quantitative estimate of drug-likeness (QED) is 0.812. The lowest BCUT2D eigenvalue weighted by molar-refractivity contribution is 0.134. The van der Waals surface area contributed by atoms with E-state index in [2.05, 4.69) is 48.1 Å². The van der Waals surface area contributed by atoms with Crippen LogP contribution in [0.1, 0.15) is 51.3 Å². The molecular weight excluding hydrogens is 306 g/mol. The van der Waals surface area contributed by atoms with Gasteiger partial charge in [-0.1, -0.05) is 20.8 Å². The molecule has 0 aromatic carbocycles. The third-order valence-electron chi connectivity index (χ3n) is 4.41. The topological polar surface area (TPSA) is 26.0 Å². The summed E-state index contributed by atoms with van der Waals surface area (Å²) >= 11 is 5.44. The fourth-order valence-corrected chi connectivity index (χ4v) is 4.65. The Labute approximate surface area is 123 Å². The minimum absolute atomic E-state index is 0.0229. The molecule has 0 atom stereocenters. The van der Waals surface area contributed by atoms with Gasteiger partial charge in [-0.15, -0.1) is 11.3 Å². The molecule has 1 aliphatic carbocycles. The summed E-state index contributed by atoms with van der Waals surface area (Å²) in [5.41, 5.74) is 7.07. The Balaban J connectivity index is 1.97. The molecule has 0 unspecified atom stereocenters. The predicted octanol–water partition coefficient (Wildman–Crippen LogP) is 4.99. The van der Waals surface area contributed by atoms with Crippen LogP contribution in [0.4, 0.5) is 0 Å². The van der Waals surface area contributed by atoms with Crippen LogP contribution in [0.3, 0.4) is 0 Å². The second-order valence-corrected chi connectivity index (χ2v) is 8.73. The Hall–Kier alpha value is 0.140. The maximum absolute atomic E-state index is 6.61. The van der Waals surface area contributed by atoms with Gasteiger partial charge in [-0.05, 0) is 64.4 Å². The molecule has 0 aliphatic heterocycles. The van der Waals surface area contributed by atoms with Crippen molar-refractivity contribution < 1.29 is 0 Å². The van der Waals surface area contributed by atoms with Crippen LogP contribution in [0.2, 0.25) is 0 Å². The first-order valence-corrected chi connectivity index (χ1v) is 8.48. The van der Waals surface area contributed by atoms with Crippen molar-refractivity contribution in [3.8, 4) is 0 Å². The van der Waals surface area contributed by atoms with Crippen LogP contribution in [0, 0.1) is 11.3 Å². The van der Waals surface area contributed by atoms with Crippen LogP contribution in [0.25, 0.3) is 0 Å². The summed E-state index contributed by atoms with van der Waals surface area (Å²) in [6.07, 6.45) is 5.92. The van der Waals surface area contributed by atoms with Crippen LogP contribution in [-0.2, 0) is 6.42 Å². The number of hydrogen-bond donors (Lipinski definition) is 1. The van der Waals surface area contributed by atoms with Gasteiger partial charge in [-0.25, -0.2) is 0 Å². The molecule has 0 amide bonds. The largest absolute Gasteiger partial charge is 0.325 e. The molecule has 102 valence electrons. The highest BCUT2D eigenvalue weighted by Gasteiger charge is 2.36. The highest BCUT2D eigenvalue weighted by molar-refractivity contribution is 9.10. The molecule has 1 fully saturated rings. The molecule has 3 heteroatoms. The molecule has 1 aliphatic rings. The molecule has 2 N–H and O–H groups in total. The molecule has 1 aromatic rings. The van der Waals surface area contributed by atoms with Crippen LogP contribution in [0.15, 0.2) is 15.9 Å². The standard InChI is InChI=1S/C15H24BrNS/c1-14(2,3)11-4-7-15(17,8-5-11)10-13-12(16)6-9-18-13/h6,9,11H,4-5,7-8,10,17H2,1-3H3. The molecule has 1 aromatic heterocycles. The monoisotopic (exact) mass is 329 g/mol. The zero-order valence-electron chi connectivity index (χ0n) is 11.6. The molecule has 1 heterocycles. The van der Waals surface area contributed by atoms with Crippen molar-refractivity contribution in [2.45, 2.75) is 58.4 Å². The van der Waals surface area contributed by atoms with Gasteiger partial charge in [0.15, 0.2) is 0 Å². The van der Waals surface area contributed by atoms with Gasteiger partial charge in [-0.3, -0.25) is 0 Å². The highest BCUT2D eigenvalue weighted by Crippen LogP contribution is 2.42. The Morgan fingerprint density at radius 3 is 2.44 bits per heavy atom. The number of nitrogens with two attached hydrogens (primary N) is 1. The zero-order valence-corrected chi connectivity index (χ0v) is 14.0. The third-order valence-corrected chi connectivity index (χ3v) is 6.34. The van der Waals surface area contributed by atoms with Crippen molar-refractivity contribution in [3.63, 3.8) is 0 Å². The van der Waals surface area contributed by atoms with Crippen LogP contribution in [0.5, 0.6) is 0 Å². The third kappa shape index (κ3) is 3.37. The van der Waals surface area contributed by atoms with Crippen molar-refractivity contribution in [2.75, 3.05) is 0 Å². The van der Waals surface area contributed by atoms with E-state index in [9.17, 15) is 0 Å². The zero-order chi connectivity index (χ0) is 13.4. The Morgan fingerprint density at radius 2 is 2.00 bits per heavy atom. The van der Waals surface area contributed by atoms with Gasteiger partial charge in [0.05, 0.1) is 0 Å². The smallest absolute Gasteiger partial charge is 0.0315 e. The van der Waals surface area contributed by atoms with E-state index in [0.717, 1.165) is 12.3 Å². The predicted molar refractivity (Wildman–Crippen MR) is 84.1 cm³/mol. The fraction of sp³-hybridized carbons (Fsp3) is 0.733. The minimum Gasteiger partial charge on any atom is -0.325 e. The fourth-order valence-electron chi connectivity index (χ4n) is 3.01. The second-order valence-electron chi connectivity index (χ2n) is 6.87. The van der Waals surface area contributed by atoms with E-state index >= 15 is 0 Å². The van der Waals surface area contributed by atoms with E-state index in [0.29, 0.717) is 5.41 Å². The minimum atomic E-state index is 0.0229. The van der Waals surface area contributed by atoms with Gasteiger partial charge in [-0.2, -0.15) is 0 Å². The summed E-state index contributed by atoms with van der Waals surface area (Å²) in [5.74, 6) is 0.834. The summed E-state index contributed by atoms with van der Waals surface area (Å²) in [7, 11) is 0. The Bertz CT molecular complexity index is 397. The van der Waals surface area contributed by atoms with Crippen LogP contribution >= 0.6 is 27.3 Å². The van der Waals surface area contributed by atoms with Gasteiger partial charge >= 0.3 is 0 Å². The van der Waals surface area contributed by atoms with E-state index in [-0.39, 0.29) is 5.54 Å². The van der Waals surface area contributed by atoms with Gasteiger partial charge in [0.1, 0.15) is 0 Å². The molecule has 18 heavy (non-hydrogen) atoms. The van der Waals surface area contributed by atoms with Crippen molar-refractivity contribution in [2.24, 2.45) is 17.1 Å². The number of thiophene rings is 1. The van der Waals surface area contributed by atoms with Crippen molar-refractivity contribution >= 4 is 27.3 Å². The van der Waals surface area contributed by atoms with Gasteiger partial charge in [0.25, 0.3) is 0 Å². The molecule has 0 spiro atoms. The first kappa shape index (κ1) is 14.5. The van der Waals surface area contributed by atoms with Crippen LogP contribution < -0.4 is 5.73 Å². The average molecular weight is 330 g/mol. The van der Waals surface area contributed by atoms with Crippen molar-refractivity contribution in [1.29, 1.82) is 0 Å². The summed E-state index contributed by atoms with van der Waals surface area (Å²) < 4.78 is 1.23. The van der Waals surface area contributed by atoms with Crippen molar-refractivity contribution in [1.82, 2.24) is 0 Å². The normalized spacial score (nSPS) is 29.5. The van der Waals surface area contributed by atoms with E-state index in [1.165, 1.54) is 35.0 Å². The number of halogens is 1. The maximum atomic E-state index is 6.61. The summed E-state index contributed by atoms with van der Waals surface area (Å²) in [4.78, 5) is 1.41. The summed E-state index contributed by atoms with van der Waals surface area (Å²) in [6.45, 7) is 7.07. The average Bonchev–Trinajstić information content (AvgIpc) is 2.63. The van der Waals surface area contributed by atoms with E-state index in [4.69, 9.17) is 5.73 Å². The SMILES string of the molecule is CC(C)(C)C1CCC(N)(Cc2sccc2Br)CC1. The van der Waals surface area contributed by atoms with E-state index in [1.807, 2.05) is 11.3 Å². The van der Waals surface area contributed by atoms with Crippen molar-refractivity contribution in [3.05, 3.63) is 20.8 Å². The molecule has 1 saturated carbocycles. The highest BCUT2D eigenvalue weighted by atomic mass is 79.9. The first-order valence-electron chi connectivity index (χ1n) is 6.81. The Kier molecular flexibility index (Phi) is 4.25. The number of rotatable bonds is 2. The molecule has 0 bridgehead atoms. The van der Waals surface area contributed by atoms with E-state index < -0.39 is 0 Å².